The minimum atomic E-state index is -0.203. The maximum atomic E-state index is 10.5. The average molecular weight is 610 g/mol. The van der Waals surface area contributed by atoms with Gasteiger partial charge < -0.3 is 35.7 Å². The number of thiocarbonyl (C=S) groups is 1. The van der Waals surface area contributed by atoms with Crippen molar-refractivity contribution in [3.05, 3.63) is 0 Å². The molecule has 213 valence electrons. The molecule has 1 radical (unpaired) electrons. The van der Waals surface area contributed by atoms with Gasteiger partial charge in [-0.05, 0) is 110 Å². The van der Waals surface area contributed by atoms with E-state index in [-0.39, 0.29) is 58.5 Å². The van der Waals surface area contributed by atoms with Gasteiger partial charge in [0.15, 0.2) is 5.11 Å². The molecule has 0 aliphatic heterocycles. The molecule has 0 aromatic heterocycles. The summed E-state index contributed by atoms with van der Waals surface area (Å²) >= 11 is 5.07. The van der Waals surface area contributed by atoms with Crippen molar-refractivity contribution in [1.29, 1.82) is 0 Å². The van der Waals surface area contributed by atoms with Crippen molar-refractivity contribution >= 4 is 23.0 Å². The molecule has 0 amide bonds. The zero-order chi connectivity index (χ0) is 24.0. The van der Waals surface area contributed by atoms with Crippen LogP contribution in [0.25, 0.3) is 0 Å². The van der Waals surface area contributed by atoms with Crippen LogP contribution in [0.4, 0.5) is 0 Å². The Hall–Kier alpha value is 0.419. The van der Waals surface area contributed by atoms with E-state index in [4.69, 9.17) is 23.1 Å². The van der Waals surface area contributed by atoms with Gasteiger partial charge in [0.05, 0.1) is 6.10 Å². The topological polar surface area (TPSA) is 70.6 Å². The molecule has 36 heavy (non-hydrogen) atoms. The summed E-state index contributed by atoms with van der Waals surface area (Å²) in [6.45, 7) is 12.4. The second-order valence-corrected chi connectivity index (χ2v) is 13.6. The van der Waals surface area contributed by atoms with Crippen molar-refractivity contribution < 1.29 is 47.0 Å². The molecule has 0 spiro atoms. The van der Waals surface area contributed by atoms with Crippen molar-refractivity contribution in [3.63, 3.8) is 0 Å². The number of halogens is 2. The van der Waals surface area contributed by atoms with Crippen LogP contribution in [0.5, 0.6) is 0 Å². The molecule has 4 aliphatic carbocycles. The molecular formula is C28H49Cl2CuN3OS. The Bertz CT molecular complexity index is 771. The van der Waals surface area contributed by atoms with Gasteiger partial charge in [0.2, 0.25) is 0 Å². The SMILES string of the molecule is CC(C)CCC[C@@H](C)[C@H]1CC[C@H]2[C@@H]3C/C(=N\NC(N)=S)C4C[C@@H](O)CC[C@]4(C)[C@H]3CC[C@]12C.[Cl-].[Cl-].[Cu+2]. The number of hydrogen-bond acceptors (Lipinski definition) is 3. The Kier molecular flexibility index (Phi) is 13.1. The van der Waals surface area contributed by atoms with Crippen LogP contribution in [0.2, 0.25) is 0 Å². The summed E-state index contributed by atoms with van der Waals surface area (Å²) in [5, 5.41) is 15.5. The monoisotopic (exact) mass is 608 g/mol. The summed E-state index contributed by atoms with van der Waals surface area (Å²) in [6.07, 6.45) is 13.4. The van der Waals surface area contributed by atoms with Crippen molar-refractivity contribution in [2.24, 2.45) is 63.1 Å². The van der Waals surface area contributed by atoms with Crippen LogP contribution in [0.15, 0.2) is 5.10 Å². The second kappa shape index (κ2) is 13.7. The number of hydrazone groups is 1. The van der Waals surface area contributed by atoms with Crippen LogP contribution in [0.1, 0.15) is 105 Å². The van der Waals surface area contributed by atoms with Crippen molar-refractivity contribution in [1.82, 2.24) is 5.43 Å². The molecule has 0 heterocycles. The first-order chi connectivity index (χ1) is 15.6. The number of nitrogens with zero attached hydrogens (tertiary/aromatic N) is 1. The van der Waals surface area contributed by atoms with Crippen molar-refractivity contribution in [3.8, 4) is 0 Å². The Labute approximate surface area is 248 Å². The fourth-order valence-electron chi connectivity index (χ4n) is 9.32. The fraction of sp³-hybridized carbons (Fsp3) is 0.929. The van der Waals surface area contributed by atoms with E-state index < -0.39 is 0 Å². The number of aliphatic hydroxyl groups is 1. The van der Waals surface area contributed by atoms with Crippen molar-refractivity contribution in [2.45, 2.75) is 111 Å². The average Bonchev–Trinajstić information content (AvgIpc) is 3.10. The second-order valence-electron chi connectivity index (χ2n) is 13.2. The minimum Gasteiger partial charge on any atom is -1.00 e. The quantitative estimate of drug-likeness (QED) is 0.230. The van der Waals surface area contributed by atoms with E-state index in [1.165, 1.54) is 50.7 Å². The molecular weight excluding hydrogens is 561 g/mol. The van der Waals surface area contributed by atoms with Gasteiger partial charge in [-0.25, -0.2) is 0 Å². The van der Waals surface area contributed by atoms with E-state index in [2.05, 4.69) is 40.0 Å². The summed E-state index contributed by atoms with van der Waals surface area (Å²) in [5.41, 5.74) is 10.6. The van der Waals surface area contributed by atoms with Gasteiger partial charge in [0, 0.05) is 11.6 Å². The molecule has 4 saturated carbocycles. The normalized spacial score (nSPS) is 41.0. The number of nitrogens with two attached hydrogens (primary N) is 1. The summed E-state index contributed by atoms with van der Waals surface area (Å²) in [4.78, 5) is 0. The molecule has 4 nitrogen and oxygen atoms in total. The van der Waals surface area contributed by atoms with E-state index in [0.29, 0.717) is 17.3 Å². The van der Waals surface area contributed by atoms with Gasteiger partial charge in [0.1, 0.15) is 0 Å². The largest absolute Gasteiger partial charge is 2.00 e. The van der Waals surface area contributed by atoms with Crippen LogP contribution < -0.4 is 36.0 Å². The van der Waals surface area contributed by atoms with Gasteiger partial charge in [-0.1, -0.05) is 53.9 Å². The Morgan fingerprint density at radius 2 is 1.69 bits per heavy atom. The van der Waals surface area contributed by atoms with Crippen LogP contribution in [0.3, 0.4) is 0 Å². The summed E-state index contributed by atoms with van der Waals surface area (Å²) in [7, 11) is 0. The first-order valence-corrected chi connectivity index (χ1v) is 14.3. The van der Waals surface area contributed by atoms with Crippen LogP contribution in [0, 0.1) is 52.3 Å². The predicted molar refractivity (Wildman–Crippen MR) is 142 cm³/mol. The third-order valence-corrected chi connectivity index (χ3v) is 11.1. The van der Waals surface area contributed by atoms with Crippen LogP contribution in [-0.4, -0.2) is 22.0 Å². The zero-order valence-corrected chi connectivity index (χ0v) is 26.1. The number of aliphatic hydroxyl groups excluding tert-OH is 1. The van der Waals surface area contributed by atoms with Gasteiger partial charge in [0.25, 0.3) is 0 Å². The Balaban J connectivity index is 0.00000216. The zero-order valence-electron chi connectivity index (χ0n) is 22.8. The third kappa shape index (κ3) is 6.58. The molecule has 0 bridgehead atoms. The maximum absolute atomic E-state index is 10.5. The summed E-state index contributed by atoms with van der Waals surface area (Å²) < 4.78 is 0. The number of fused-ring (bicyclic) bond motifs is 5. The maximum Gasteiger partial charge on any atom is 2.00 e. The summed E-state index contributed by atoms with van der Waals surface area (Å²) in [6, 6.07) is 0. The molecule has 4 aliphatic rings. The van der Waals surface area contributed by atoms with E-state index in [9.17, 15) is 5.11 Å². The van der Waals surface area contributed by atoms with E-state index in [1.807, 2.05) is 0 Å². The summed E-state index contributed by atoms with van der Waals surface area (Å²) in [5.74, 6) is 5.12. The fourth-order valence-corrected chi connectivity index (χ4v) is 9.37. The molecule has 4 N–H and O–H groups in total. The van der Waals surface area contributed by atoms with Gasteiger partial charge in [-0.3, -0.25) is 5.43 Å². The molecule has 0 saturated heterocycles. The van der Waals surface area contributed by atoms with Crippen LogP contribution in [-0.2, 0) is 17.1 Å². The van der Waals surface area contributed by atoms with E-state index in [1.54, 1.807) is 0 Å². The molecule has 4 rings (SSSR count). The smallest absolute Gasteiger partial charge is 1.00 e. The number of hydrogen-bond donors (Lipinski definition) is 3. The molecule has 9 atom stereocenters. The number of rotatable bonds is 6. The van der Waals surface area contributed by atoms with E-state index in [0.717, 1.165) is 55.3 Å². The third-order valence-electron chi connectivity index (χ3n) is 11.0. The molecule has 0 aromatic rings. The van der Waals surface area contributed by atoms with Crippen molar-refractivity contribution in [2.75, 3.05) is 0 Å². The minimum absolute atomic E-state index is 0. The Morgan fingerprint density at radius 3 is 2.33 bits per heavy atom. The van der Waals surface area contributed by atoms with Crippen LogP contribution >= 0.6 is 12.2 Å². The van der Waals surface area contributed by atoms with Gasteiger partial charge >= 0.3 is 17.1 Å². The molecule has 8 heteroatoms. The van der Waals surface area contributed by atoms with E-state index >= 15 is 0 Å². The predicted octanol–water partition coefficient (Wildman–Crippen LogP) is 0.273. The number of nitrogens with one attached hydrogen (secondary N) is 1. The first kappa shape index (κ1) is 34.4. The van der Waals surface area contributed by atoms with Gasteiger partial charge in [-0.15, -0.1) is 0 Å². The van der Waals surface area contributed by atoms with Gasteiger partial charge in [-0.2, -0.15) is 5.10 Å². The molecule has 0 aromatic carbocycles. The standard InChI is InChI=1S/C28H49N3OS.2ClH.Cu/c1-17(2)7-6-8-18(3)21-9-10-22-20-16-25(30-31-26(29)33)24-15-19(32)11-13-28(24,5)23(20)12-14-27(21,22)4;;;/h17-24,32H,6-16H2,1-5H3,(H3,29,31,33);2*1H;/q;;;+2/p-2/b30-25+;;;/t18-,19+,20+,21-,22+,23+,24?,27-,28-;;;/m1.../s1. The first-order valence-electron chi connectivity index (χ1n) is 13.9. The molecule has 4 fully saturated rings. The molecule has 1 unspecified atom stereocenters. The Morgan fingerprint density at radius 1 is 1.06 bits per heavy atom.